The second-order valence-corrected chi connectivity index (χ2v) is 17.5. The summed E-state index contributed by atoms with van der Waals surface area (Å²) in [4.78, 5) is 66.0. The highest BCUT2D eigenvalue weighted by Gasteiger charge is 2.55. The first-order valence-electron chi connectivity index (χ1n) is 18.2. The Morgan fingerprint density at radius 2 is 1.22 bits per heavy atom. The van der Waals surface area contributed by atoms with Gasteiger partial charge in [0.15, 0.2) is 12.2 Å². The van der Waals surface area contributed by atoms with E-state index in [1.54, 1.807) is 120 Å². The molecule has 5 atom stereocenters. The number of carbonyl (C=O) groups excluding carboxylic acids is 5. The fourth-order valence-corrected chi connectivity index (χ4v) is 4.88. The van der Waals surface area contributed by atoms with E-state index in [1.807, 2.05) is 12.1 Å². The SMILES string of the molecule is CCOC(=O)Cc1cccc(-c2c[c]ccc2O[C@@H]2O[C@H](COC(=O)C(C)(C)C)[C@@H](OC(=O)C(C)(C)C)[C@H](OC(=O)C(C)(C)C)[C@@H]2OC(=O)C(C)(C)C)c1. The van der Waals surface area contributed by atoms with Gasteiger partial charge < -0.3 is 33.2 Å². The Balaban J connectivity index is 2.22. The molecule has 3 rings (SSSR count). The highest BCUT2D eigenvalue weighted by molar-refractivity contribution is 5.78. The molecule has 0 aliphatic carbocycles. The molecule has 2 aromatic carbocycles. The van der Waals surface area contributed by atoms with Crippen molar-refractivity contribution in [3.63, 3.8) is 0 Å². The lowest BCUT2D eigenvalue weighted by Crippen LogP contribution is -2.64. The molecule has 54 heavy (non-hydrogen) atoms. The Morgan fingerprint density at radius 1 is 0.685 bits per heavy atom. The molecule has 0 N–H and O–H groups in total. The minimum atomic E-state index is -1.49. The first kappa shape index (κ1) is 44.0. The van der Waals surface area contributed by atoms with Crippen molar-refractivity contribution in [3.05, 3.63) is 54.1 Å². The van der Waals surface area contributed by atoms with Gasteiger partial charge >= 0.3 is 29.8 Å². The standard InChI is InChI=1S/C42H57O12/c1-14-48-30(43)23-25-18-17-19-26(22-25)27-20-15-16-21-28(27)50-34-33(54-38(47)42(11,12)13)32(53-37(46)41(8,9)10)31(52-36(45)40(5,6)7)29(51-34)24-49-35(44)39(2,3)4/h16-22,29,31-34H,14,23-24H2,1-13H3/t29-,31-,32+,33+,34-/m1/s1. The van der Waals surface area contributed by atoms with Crippen molar-refractivity contribution < 1.29 is 57.1 Å². The fraction of sp³-hybridized carbons (Fsp3) is 0.595. The van der Waals surface area contributed by atoms with Crippen LogP contribution in [0.3, 0.4) is 0 Å². The summed E-state index contributed by atoms with van der Waals surface area (Å²) in [5.74, 6) is -2.68. The van der Waals surface area contributed by atoms with Gasteiger partial charge in [-0.05, 0) is 119 Å². The van der Waals surface area contributed by atoms with E-state index in [2.05, 4.69) is 6.07 Å². The van der Waals surface area contributed by atoms with Crippen LogP contribution in [0.25, 0.3) is 11.1 Å². The molecule has 1 saturated heterocycles. The molecular weight excluding hydrogens is 696 g/mol. The highest BCUT2D eigenvalue weighted by Crippen LogP contribution is 2.38. The van der Waals surface area contributed by atoms with E-state index in [4.69, 9.17) is 33.2 Å². The van der Waals surface area contributed by atoms with Crippen LogP contribution in [0.15, 0.2) is 42.5 Å². The summed E-state index contributed by atoms with van der Waals surface area (Å²) in [6, 6.07) is 15.2. The highest BCUT2D eigenvalue weighted by atomic mass is 16.7. The van der Waals surface area contributed by atoms with E-state index in [9.17, 15) is 24.0 Å². The smallest absolute Gasteiger partial charge is 0.311 e. The van der Waals surface area contributed by atoms with E-state index in [-0.39, 0.29) is 24.7 Å². The molecule has 12 heteroatoms. The van der Waals surface area contributed by atoms with Gasteiger partial charge in [0.05, 0.1) is 34.7 Å². The molecule has 1 heterocycles. The van der Waals surface area contributed by atoms with Crippen molar-refractivity contribution in [3.8, 4) is 16.9 Å². The molecule has 0 amide bonds. The van der Waals surface area contributed by atoms with Crippen LogP contribution in [0.4, 0.5) is 0 Å². The average Bonchev–Trinajstić information content (AvgIpc) is 3.04. The Kier molecular flexibility index (Phi) is 14.1. The van der Waals surface area contributed by atoms with Gasteiger partial charge in [0.25, 0.3) is 0 Å². The molecule has 1 aliphatic rings. The van der Waals surface area contributed by atoms with Gasteiger partial charge in [-0.3, -0.25) is 24.0 Å². The summed E-state index contributed by atoms with van der Waals surface area (Å²) in [5, 5.41) is 0. The average molecular weight is 754 g/mol. The number of carbonyl (C=O) groups is 5. The number of hydrogen-bond donors (Lipinski definition) is 0. The number of esters is 5. The van der Waals surface area contributed by atoms with E-state index >= 15 is 0 Å². The van der Waals surface area contributed by atoms with E-state index in [1.165, 1.54) is 0 Å². The van der Waals surface area contributed by atoms with Crippen molar-refractivity contribution >= 4 is 29.8 Å². The normalized spacial score (nSPS) is 20.6. The summed E-state index contributed by atoms with van der Waals surface area (Å²) >= 11 is 0. The zero-order valence-electron chi connectivity index (χ0n) is 33.9. The minimum Gasteiger partial charge on any atom is -0.466 e. The number of benzene rings is 2. The van der Waals surface area contributed by atoms with E-state index < -0.39 is 82.8 Å². The van der Waals surface area contributed by atoms with Gasteiger partial charge in [0, 0.05) is 5.56 Å². The van der Waals surface area contributed by atoms with Crippen LogP contribution < -0.4 is 4.74 Å². The Bertz CT molecular complexity index is 1650. The lowest BCUT2D eigenvalue weighted by molar-refractivity contribution is -0.293. The molecule has 1 radical (unpaired) electrons. The lowest BCUT2D eigenvalue weighted by Gasteiger charge is -2.45. The van der Waals surface area contributed by atoms with Gasteiger partial charge in [-0.25, -0.2) is 0 Å². The third-order valence-electron chi connectivity index (χ3n) is 8.11. The van der Waals surface area contributed by atoms with Crippen LogP contribution in [-0.2, 0) is 58.8 Å². The molecule has 0 spiro atoms. The summed E-state index contributed by atoms with van der Waals surface area (Å²) in [5.41, 5.74) is -2.03. The second-order valence-electron chi connectivity index (χ2n) is 17.5. The van der Waals surface area contributed by atoms with Crippen LogP contribution in [0.2, 0.25) is 0 Å². The Morgan fingerprint density at radius 3 is 1.76 bits per heavy atom. The third-order valence-corrected chi connectivity index (χ3v) is 8.11. The summed E-state index contributed by atoms with van der Waals surface area (Å²) in [6.45, 7) is 21.5. The van der Waals surface area contributed by atoms with Gasteiger partial charge in [0.1, 0.15) is 18.5 Å². The lowest BCUT2D eigenvalue weighted by atomic mass is 9.93. The van der Waals surface area contributed by atoms with Crippen molar-refractivity contribution in [1.29, 1.82) is 0 Å². The molecule has 0 unspecified atom stereocenters. The van der Waals surface area contributed by atoms with E-state index in [0.717, 1.165) is 0 Å². The van der Waals surface area contributed by atoms with Crippen molar-refractivity contribution in [2.45, 2.75) is 127 Å². The predicted molar refractivity (Wildman–Crippen MR) is 199 cm³/mol. The topological polar surface area (TPSA) is 150 Å². The van der Waals surface area contributed by atoms with Crippen LogP contribution >= 0.6 is 0 Å². The molecule has 0 aromatic heterocycles. The van der Waals surface area contributed by atoms with Crippen molar-refractivity contribution in [1.82, 2.24) is 0 Å². The zero-order valence-corrected chi connectivity index (χ0v) is 33.9. The molecule has 0 bridgehead atoms. The van der Waals surface area contributed by atoms with Crippen LogP contribution in [-0.4, -0.2) is 73.8 Å². The van der Waals surface area contributed by atoms with Crippen LogP contribution in [0.5, 0.6) is 5.75 Å². The zero-order chi connectivity index (χ0) is 40.8. The number of hydrogen-bond acceptors (Lipinski definition) is 12. The van der Waals surface area contributed by atoms with Crippen molar-refractivity contribution in [2.24, 2.45) is 21.7 Å². The maximum absolute atomic E-state index is 13.6. The monoisotopic (exact) mass is 753 g/mol. The third kappa shape index (κ3) is 12.0. The van der Waals surface area contributed by atoms with E-state index in [0.29, 0.717) is 16.7 Å². The van der Waals surface area contributed by atoms with Gasteiger partial charge in [-0.15, -0.1) is 0 Å². The van der Waals surface area contributed by atoms with Gasteiger partial charge in [-0.2, -0.15) is 0 Å². The molecule has 0 saturated carbocycles. The first-order chi connectivity index (χ1) is 24.8. The maximum atomic E-state index is 13.6. The molecule has 2 aromatic rings. The summed E-state index contributed by atoms with van der Waals surface area (Å²) in [6.07, 6.45) is -7.05. The minimum absolute atomic E-state index is 0.0510. The first-order valence-corrected chi connectivity index (χ1v) is 18.2. The second kappa shape index (κ2) is 17.3. The summed E-state index contributed by atoms with van der Waals surface area (Å²) in [7, 11) is 0. The quantitative estimate of drug-likeness (QED) is 0.175. The molecule has 1 aliphatic heterocycles. The van der Waals surface area contributed by atoms with Crippen LogP contribution in [0.1, 0.15) is 95.6 Å². The number of ether oxygens (including phenoxy) is 7. The van der Waals surface area contributed by atoms with Gasteiger partial charge in [0.2, 0.25) is 12.4 Å². The largest absolute Gasteiger partial charge is 0.466 e. The van der Waals surface area contributed by atoms with Gasteiger partial charge in [-0.1, -0.05) is 30.3 Å². The molecule has 1 fully saturated rings. The molecule has 297 valence electrons. The van der Waals surface area contributed by atoms with Crippen molar-refractivity contribution in [2.75, 3.05) is 13.2 Å². The van der Waals surface area contributed by atoms with Crippen LogP contribution in [0, 0.1) is 27.7 Å². The summed E-state index contributed by atoms with van der Waals surface area (Å²) < 4.78 is 42.1. The Labute approximate surface area is 319 Å². The maximum Gasteiger partial charge on any atom is 0.311 e. The Hall–Kier alpha value is -4.45. The molecule has 12 nitrogen and oxygen atoms in total. The molecular formula is C42H57O12. The number of rotatable bonds is 11. The predicted octanol–water partition coefficient (Wildman–Crippen LogP) is 6.83. The fourth-order valence-electron chi connectivity index (χ4n) is 4.88.